The van der Waals surface area contributed by atoms with E-state index in [4.69, 9.17) is 9.62 Å². The molecule has 3 rings (SSSR count). The summed E-state index contributed by atoms with van der Waals surface area (Å²) in [5.74, 6) is -1.48. The molecule has 0 saturated heterocycles. The van der Waals surface area contributed by atoms with Gasteiger partial charge in [-0.3, -0.25) is 15.0 Å². The van der Waals surface area contributed by atoms with Crippen LogP contribution in [0.15, 0.2) is 41.1 Å². The molecule has 8 heteroatoms. The highest BCUT2D eigenvalue weighted by molar-refractivity contribution is 14.1. The highest BCUT2D eigenvalue weighted by Crippen LogP contribution is 2.33. The minimum atomic E-state index is -0.843. The monoisotopic (exact) mass is 413 g/mol. The van der Waals surface area contributed by atoms with Crippen LogP contribution in [-0.4, -0.2) is 16.1 Å². The number of halogens is 2. The molecular formula is C14H9FIN3O3. The second kappa shape index (κ2) is 5.89. The number of nitrogens with one attached hydrogen (secondary N) is 2. The van der Waals surface area contributed by atoms with Crippen LogP contribution in [0.4, 0.5) is 15.8 Å². The lowest BCUT2D eigenvalue weighted by molar-refractivity contribution is 0.0679. The fraction of sp³-hybridized carbons (Fsp3) is 0. The number of carbonyl (C=O) groups excluding carboxylic acids is 1. The van der Waals surface area contributed by atoms with Gasteiger partial charge in [-0.2, -0.15) is 0 Å². The number of fused-ring (bicyclic) bond motifs is 1. The number of nitrogens with zero attached hydrogens (tertiary/aromatic N) is 1. The molecule has 0 radical (unpaired) electrons. The molecule has 112 valence electrons. The topological polar surface area (TPSA) is 87.4 Å². The van der Waals surface area contributed by atoms with Crippen LogP contribution in [0.5, 0.6) is 0 Å². The van der Waals surface area contributed by atoms with Crippen molar-refractivity contribution in [1.29, 1.82) is 0 Å². The molecule has 3 aromatic rings. The number of anilines is 2. The van der Waals surface area contributed by atoms with Crippen LogP contribution in [0.25, 0.3) is 11.0 Å². The van der Waals surface area contributed by atoms with Gasteiger partial charge < -0.3 is 9.73 Å². The lowest BCUT2D eigenvalue weighted by Gasteiger charge is -2.08. The Morgan fingerprint density at radius 3 is 2.91 bits per heavy atom. The number of hydroxylamine groups is 1. The van der Waals surface area contributed by atoms with E-state index in [2.05, 4.69) is 10.3 Å². The minimum absolute atomic E-state index is 0.163. The van der Waals surface area contributed by atoms with Gasteiger partial charge in [-0.15, -0.1) is 0 Å². The summed E-state index contributed by atoms with van der Waals surface area (Å²) in [6.07, 6.45) is 2.99. The van der Waals surface area contributed by atoms with Crippen LogP contribution in [0.2, 0.25) is 0 Å². The smallest absolute Gasteiger partial charge is 0.312 e. The quantitative estimate of drug-likeness (QED) is 0.348. The second-order valence-electron chi connectivity index (χ2n) is 4.37. The minimum Gasteiger partial charge on any atom is -0.448 e. The molecule has 0 aliphatic carbocycles. The van der Waals surface area contributed by atoms with Crippen LogP contribution in [0.1, 0.15) is 10.6 Å². The van der Waals surface area contributed by atoms with Gasteiger partial charge in [0.2, 0.25) is 5.76 Å². The Morgan fingerprint density at radius 2 is 2.18 bits per heavy atom. The van der Waals surface area contributed by atoms with Crippen molar-refractivity contribution >= 4 is 50.8 Å². The molecule has 6 nitrogen and oxygen atoms in total. The number of hydrogen-bond donors (Lipinski definition) is 3. The molecule has 22 heavy (non-hydrogen) atoms. The number of carbonyl (C=O) groups is 1. The molecule has 3 N–H and O–H groups in total. The second-order valence-corrected chi connectivity index (χ2v) is 5.61. The third-order valence-electron chi connectivity index (χ3n) is 2.99. The summed E-state index contributed by atoms with van der Waals surface area (Å²) >= 11 is 2.00. The molecule has 0 spiro atoms. The molecule has 0 saturated carbocycles. The van der Waals surface area contributed by atoms with Gasteiger partial charge in [0, 0.05) is 16.0 Å². The van der Waals surface area contributed by atoms with Crippen LogP contribution in [-0.2, 0) is 0 Å². The summed E-state index contributed by atoms with van der Waals surface area (Å²) in [5, 5.41) is 12.1. The maximum atomic E-state index is 14.0. The van der Waals surface area contributed by atoms with Gasteiger partial charge in [0.1, 0.15) is 17.1 Å². The Balaban J connectivity index is 2.14. The SMILES string of the molecule is O=C(NO)c1oc2ccncc2c1Nc1ccc(I)cc1F. The Labute approximate surface area is 137 Å². The van der Waals surface area contributed by atoms with Gasteiger partial charge in [0.25, 0.3) is 0 Å². The van der Waals surface area contributed by atoms with Gasteiger partial charge in [-0.25, -0.2) is 9.87 Å². The molecule has 0 aliphatic heterocycles. The van der Waals surface area contributed by atoms with Crippen molar-refractivity contribution in [2.45, 2.75) is 0 Å². The van der Waals surface area contributed by atoms with Crippen molar-refractivity contribution < 1.29 is 18.8 Å². The molecule has 0 unspecified atom stereocenters. The number of pyridine rings is 1. The van der Waals surface area contributed by atoms with Crippen molar-refractivity contribution in [3.63, 3.8) is 0 Å². The molecule has 2 aromatic heterocycles. The van der Waals surface area contributed by atoms with Crippen LogP contribution < -0.4 is 10.8 Å². The van der Waals surface area contributed by atoms with Gasteiger partial charge in [0.15, 0.2) is 0 Å². The highest BCUT2D eigenvalue weighted by atomic mass is 127. The first-order chi connectivity index (χ1) is 10.6. The number of rotatable bonds is 3. The van der Waals surface area contributed by atoms with Crippen molar-refractivity contribution in [2.75, 3.05) is 5.32 Å². The Kier molecular flexibility index (Phi) is 3.94. The summed E-state index contributed by atoms with van der Waals surface area (Å²) in [4.78, 5) is 15.7. The summed E-state index contributed by atoms with van der Waals surface area (Å²) < 4.78 is 20.1. The van der Waals surface area contributed by atoms with E-state index in [-0.39, 0.29) is 17.1 Å². The maximum absolute atomic E-state index is 14.0. The third kappa shape index (κ3) is 2.62. The summed E-state index contributed by atoms with van der Waals surface area (Å²) in [6, 6.07) is 6.19. The lowest BCUT2D eigenvalue weighted by Crippen LogP contribution is -2.19. The first-order valence-electron chi connectivity index (χ1n) is 6.13. The molecule has 0 atom stereocenters. The zero-order valence-electron chi connectivity index (χ0n) is 10.9. The Morgan fingerprint density at radius 1 is 1.36 bits per heavy atom. The van der Waals surface area contributed by atoms with E-state index in [9.17, 15) is 9.18 Å². The van der Waals surface area contributed by atoms with Gasteiger partial charge >= 0.3 is 5.91 Å². The van der Waals surface area contributed by atoms with E-state index in [1.165, 1.54) is 23.9 Å². The zero-order valence-corrected chi connectivity index (χ0v) is 13.1. The number of hydrogen-bond acceptors (Lipinski definition) is 5. The van der Waals surface area contributed by atoms with Crippen molar-refractivity contribution in [3.05, 3.63) is 51.8 Å². The molecular weight excluding hydrogens is 404 g/mol. The van der Waals surface area contributed by atoms with E-state index in [1.807, 2.05) is 22.6 Å². The van der Waals surface area contributed by atoms with Crippen molar-refractivity contribution in [2.24, 2.45) is 0 Å². The van der Waals surface area contributed by atoms with Crippen LogP contribution >= 0.6 is 22.6 Å². The molecule has 2 heterocycles. The normalized spacial score (nSPS) is 10.7. The first kappa shape index (κ1) is 14.7. The highest BCUT2D eigenvalue weighted by Gasteiger charge is 2.21. The number of aromatic nitrogens is 1. The average Bonchev–Trinajstić information content (AvgIpc) is 2.88. The first-order valence-corrected chi connectivity index (χ1v) is 7.21. The van der Waals surface area contributed by atoms with Crippen LogP contribution in [0, 0.1) is 9.39 Å². The fourth-order valence-corrected chi connectivity index (χ4v) is 2.46. The number of amides is 1. The van der Waals surface area contributed by atoms with E-state index in [0.29, 0.717) is 11.0 Å². The number of furan rings is 1. The predicted molar refractivity (Wildman–Crippen MR) is 85.7 cm³/mol. The Hall–Kier alpha value is -2.20. The largest absolute Gasteiger partial charge is 0.448 e. The van der Waals surface area contributed by atoms with Crippen molar-refractivity contribution in [3.8, 4) is 0 Å². The summed E-state index contributed by atoms with van der Waals surface area (Å²) in [7, 11) is 0. The van der Waals surface area contributed by atoms with Gasteiger partial charge in [0.05, 0.1) is 11.1 Å². The van der Waals surface area contributed by atoms with E-state index in [1.54, 1.807) is 18.2 Å². The predicted octanol–water partition coefficient (Wildman–Crippen LogP) is 3.43. The molecule has 0 aliphatic rings. The lowest BCUT2D eigenvalue weighted by atomic mass is 10.2. The Bertz CT molecular complexity index is 866. The van der Waals surface area contributed by atoms with Crippen molar-refractivity contribution in [1.82, 2.24) is 10.5 Å². The summed E-state index contributed by atoms with van der Waals surface area (Å²) in [5.41, 5.74) is 2.31. The average molecular weight is 413 g/mol. The molecule has 1 amide bonds. The van der Waals surface area contributed by atoms with Gasteiger partial charge in [-0.05, 0) is 46.9 Å². The number of benzene rings is 1. The zero-order chi connectivity index (χ0) is 15.7. The van der Waals surface area contributed by atoms with Gasteiger partial charge in [-0.1, -0.05) is 0 Å². The van der Waals surface area contributed by atoms with E-state index < -0.39 is 11.7 Å². The fourth-order valence-electron chi connectivity index (χ4n) is 2.00. The van der Waals surface area contributed by atoms with Crippen LogP contribution in [0.3, 0.4) is 0 Å². The summed E-state index contributed by atoms with van der Waals surface area (Å²) in [6.45, 7) is 0. The maximum Gasteiger partial charge on any atom is 0.312 e. The van der Waals surface area contributed by atoms with E-state index >= 15 is 0 Å². The standard InChI is InChI=1S/C14H9FIN3O3/c15-9-5-7(16)1-2-10(9)18-12-8-6-17-4-3-11(8)22-13(12)14(20)19-21/h1-6,18,21H,(H,19,20). The van der Waals surface area contributed by atoms with E-state index in [0.717, 1.165) is 3.57 Å². The molecule has 0 fully saturated rings. The molecule has 1 aromatic carbocycles. The third-order valence-corrected chi connectivity index (χ3v) is 3.66. The molecule has 0 bridgehead atoms.